The van der Waals surface area contributed by atoms with Gasteiger partial charge in [0.25, 0.3) is 0 Å². The Balaban J connectivity index is 1.59. The van der Waals surface area contributed by atoms with Crippen LogP contribution in [-0.4, -0.2) is 24.0 Å². The number of nitrogens with one attached hydrogen (secondary N) is 2. The molecule has 5 heteroatoms. The van der Waals surface area contributed by atoms with Crippen molar-refractivity contribution in [3.05, 3.63) is 11.1 Å². The van der Waals surface area contributed by atoms with Crippen LogP contribution >= 0.6 is 11.3 Å². The van der Waals surface area contributed by atoms with Crippen molar-refractivity contribution in [2.24, 2.45) is 11.3 Å². The maximum Gasteiger partial charge on any atom is 0.229 e. The van der Waals surface area contributed by atoms with E-state index < -0.39 is 0 Å². The maximum absolute atomic E-state index is 12.2. The van der Waals surface area contributed by atoms with Gasteiger partial charge in [-0.25, -0.2) is 4.98 Å². The molecule has 1 aliphatic carbocycles. The lowest BCUT2D eigenvalue weighted by atomic mass is 9.92. The quantitative estimate of drug-likeness (QED) is 0.879. The van der Waals surface area contributed by atoms with E-state index in [1.807, 2.05) is 6.20 Å². The van der Waals surface area contributed by atoms with Gasteiger partial charge in [-0.1, -0.05) is 6.92 Å². The highest BCUT2D eigenvalue weighted by Crippen LogP contribution is 2.58. The molecule has 98 valence electrons. The third-order valence-electron chi connectivity index (χ3n) is 4.24. The van der Waals surface area contributed by atoms with Crippen LogP contribution in [0.2, 0.25) is 0 Å². The van der Waals surface area contributed by atoms with Crippen LogP contribution in [0.5, 0.6) is 0 Å². The van der Waals surface area contributed by atoms with Crippen LogP contribution in [0.4, 0.5) is 5.13 Å². The van der Waals surface area contributed by atoms with E-state index in [2.05, 4.69) is 22.5 Å². The van der Waals surface area contributed by atoms with Gasteiger partial charge >= 0.3 is 0 Å². The zero-order chi connectivity index (χ0) is 12.6. The number of anilines is 1. The molecule has 1 spiro atoms. The van der Waals surface area contributed by atoms with Crippen molar-refractivity contribution in [2.75, 3.05) is 18.4 Å². The van der Waals surface area contributed by atoms with E-state index in [0.717, 1.165) is 43.9 Å². The van der Waals surface area contributed by atoms with Gasteiger partial charge in [0.05, 0.1) is 0 Å². The molecular formula is C13H19N3OS. The van der Waals surface area contributed by atoms with Crippen molar-refractivity contribution in [1.29, 1.82) is 0 Å². The fraction of sp³-hybridized carbons (Fsp3) is 0.692. The molecule has 1 amide bonds. The van der Waals surface area contributed by atoms with E-state index in [4.69, 9.17) is 0 Å². The highest BCUT2D eigenvalue weighted by Gasteiger charge is 2.57. The number of amides is 1. The third-order valence-corrected chi connectivity index (χ3v) is 5.29. The van der Waals surface area contributed by atoms with Crippen LogP contribution in [0.15, 0.2) is 6.20 Å². The minimum atomic E-state index is 0.175. The molecule has 2 fully saturated rings. The molecule has 2 aliphatic rings. The van der Waals surface area contributed by atoms with E-state index >= 15 is 0 Å². The number of rotatable bonds is 3. The Morgan fingerprint density at radius 1 is 1.61 bits per heavy atom. The summed E-state index contributed by atoms with van der Waals surface area (Å²) < 4.78 is 0. The van der Waals surface area contributed by atoms with Gasteiger partial charge in [-0.05, 0) is 44.2 Å². The molecule has 3 rings (SSSR count). The minimum Gasteiger partial charge on any atom is -0.317 e. The number of thiazole rings is 1. The molecule has 4 nitrogen and oxygen atoms in total. The molecule has 0 bridgehead atoms. The lowest BCUT2D eigenvalue weighted by Gasteiger charge is -2.22. The number of carbonyl (C=O) groups excluding carboxylic acids is 1. The Bertz CT molecular complexity index is 451. The number of hydrogen-bond acceptors (Lipinski definition) is 4. The molecule has 0 radical (unpaired) electrons. The molecule has 1 aliphatic heterocycles. The van der Waals surface area contributed by atoms with E-state index in [1.165, 1.54) is 4.88 Å². The average Bonchev–Trinajstić information content (AvgIpc) is 2.88. The van der Waals surface area contributed by atoms with Crippen LogP contribution in [0.25, 0.3) is 0 Å². The second kappa shape index (κ2) is 4.63. The van der Waals surface area contributed by atoms with Gasteiger partial charge in [0, 0.05) is 17.0 Å². The van der Waals surface area contributed by atoms with Crippen molar-refractivity contribution < 1.29 is 4.79 Å². The van der Waals surface area contributed by atoms with Crippen LogP contribution in [0.1, 0.15) is 31.1 Å². The predicted molar refractivity (Wildman–Crippen MR) is 72.8 cm³/mol. The standard InChI is InChI=1S/C13H19N3OS/c1-2-9-8-15-12(18-9)16-11(17)10-7-13(10)3-5-14-6-4-13/h8,10,14H,2-7H2,1H3,(H,15,16,17). The van der Waals surface area contributed by atoms with E-state index in [9.17, 15) is 4.79 Å². The molecule has 1 aromatic heterocycles. The lowest BCUT2D eigenvalue weighted by Crippen LogP contribution is -2.31. The average molecular weight is 265 g/mol. The van der Waals surface area contributed by atoms with Gasteiger partial charge in [-0.3, -0.25) is 4.79 Å². The topological polar surface area (TPSA) is 54.0 Å². The SMILES string of the molecule is CCc1cnc(NC(=O)C2CC23CCNCC3)s1. The monoisotopic (exact) mass is 265 g/mol. The van der Waals surface area contributed by atoms with Crippen molar-refractivity contribution in [3.8, 4) is 0 Å². The summed E-state index contributed by atoms with van der Waals surface area (Å²) in [5.41, 5.74) is 0.306. The van der Waals surface area contributed by atoms with Crippen molar-refractivity contribution in [2.45, 2.75) is 32.6 Å². The number of carbonyl (C=O) groups is 1. The number of piperidine rings is 1. The molecule has 1 atom stereocenters. The van der Waals surface area contributed by atoms with Crippen molar-refractivity contribution in [1.82, 2.24) is 10.3 Å². The van der Waals surface area contributed by atoms with E-state index in [-0.39, 0.29) is 11.8 Å². The third kappa shape index (κ3) is 2.17. The van der Waals surface area contributed by atoms with Crippen molar-refractivity contribution >= 4 is 22.4 Å². The summed E-state index contributed by atoms with van der Waals surface area (Å²) in [6, 6.07) is 0. The first-order valence-corrected chi connectivity index (χ1v) is 7.51. The normalized spacial score (nSPS) is 25.1. The maximum atomic E-state index is 12.2. The zero-order valence-electron chi connectivity index (χ0n) is 10.7. The zero-order valence-corrected chi connectivity index (χ0v) is 11.5. The summed E-state index contributed by atoms with van der Waals surface area (Å²) in [4.78, 5) is 17.6. The van der Waals surface area contributed by atoms with E-state index in [0.29, 0.717) is 5.41 Å². The second-order valence-electron chi connectivity index (χ2n) is 5.34. The summed E-state index contributed by atoms with van der Waals surface area (Å²) in [6.07, 6.45) is 6.18. The molecule has 1 saturated heterocycles. The predicted octanol–water partition coefficient (Wildman–Crippen LogP) is 2.03. The van der Waals surface area contributed by atoms with Crippen molar-refractivity contribution in [3.63, 3.8) is 0 Å². The smallest absolute Gasteiger partial charge is 0.229 e. The number of aryl methyl sites for hydroxylation is 1. The van der Waals surface area contributed by atoms with Crippen LogP contribution in [0, 0.1) is 11.3 Å². The fourth-order valence-corrected chi connectivity index (χ4v) is 3.67. The Morgan fingerprint density at radius 3 is 3.06 bits per heavy atom. The van der Waals surface area contributed by atoms with Gasteiger partial charge in [-0.15, -0.1) is 11.3 Å². The summed E-state index contributed by atoms with van der Waals surface area (Å²) >= 11 is 1.59. The summed E-state index contributed by atoms with van der Waals surface area (Å²) in [5, 5.41) is 7.09. The molecule has 2 N–H and O–H groups in total. The van der Waals surface area contributed by atoms with E-state index in [1.54, 1.807) is 11.3 Å². The Labute approximate surface area is 111 Å². The Morgan fingerprint density at radius 2 is 2.39 bits per heavy atom. The lowest BCUT2D eigenvalue weighted by molar-refractivity contribution is -0.118. The molecule has 1 aromatic rings. The molecule has 18 heavy (non-hydrogen) atoms. The van der Waals surface area contributed by atoms with Gasteiger partial charge < -0.3 is 10.6 Å². The first-order chi connectivity index (χ1) is 8.73. The number of nitrogens with zero attached hydrogens (tertiary/aromatic N) is 1. The summed E-state index contributed by atoms with van der Waals surface area (Å²) in [7, 11) is 0. The van der Waals surface area contributed by atoms with Gasteiger partial charge in [0.1, 0.15) is 0 Å². The number of aromatic nitrogens is 1. The summed E-state index contributed by atoms with van der Waals surface area (Å²) in [5.74, 6) is 0.391. The highest BCUT2D eigenvalue weighted by molar-refractivity contribution is 7.15. The molecule has 1 saturated carbocycles. The molecule has 2 heterocycles. The first kappa shape index (κ1) is 12.1. The van der Waals surface area contributed by atoms with Crippen LogP contribution in [-0.2, 0) is 11.2 Å². The Kier molecular flexibility index (Phi) is 3.11. The number of hydrogen-bond donors (Lipinski definition) is 2. The first-order valence-electron chi connectivity index (χ1n) is 6.70. The fourth-order valence-electron chi connectivity index (χ4n) is 2.92. The van der Waals surface area contributed by atoms with Gasteiger partial charge in [-0.2, -0.15) is 0 Å². The minimum absolute atomic E-state index is 0.175. The summed E-state index contributed by atoms with van der Waals surface area (Å²) in [6.45, 7) is 4.21. The second-order valence-corrected chi connectivity index (χ2v) is 6.46. The van der Waals surface area contributed by atoms with Crippen LogP contribution in [0.3, 0.4) is 0 Å². The highest BCUT2D eigenvalue weighted by atomic mass is 32.1. The van der Waals surface area contributed by atoms with Gasteiger partial charge in [0.2, 0.25) is 5.91 Å². The molecule has 1 unspecified atom stereocenters. The van der Waals surface area contributed by atoms with Gasteiger partial charge in [0.15, 0.2) is 5.13 Å². The molecule has 0 aromatic carbocycles. The Hall–Kier alpha value is -0.940. The largest absolute Gasteiger partial charge is 0.317 e. The van der Waals surface area contributed by atoms with Crippen LogP contribution < -0.4 is 10.6 Å². The molecular weight excluding hydrogens is 246 g/mol.